The highest BCUT2D eigenvalue weighted by molar-refractivity contribution is 5.95. The van der Waals surface area contributed by atoms with Crippen LogP contribution in [0.1, 0.15) is 15.9 Å². The topological polar surface area (TPSA) is 102 Å². The third-order valence-corrected chi connectivity index (χ3v) is 3.10. The monoisotopic (exact) mass is 320 g/mol. The molecule has 0 saturated heterocycles. The van der Waals surface area contributed by atoms with Gasteiger partial charge >= 0.3 is 5.69 Å². The molecule has 0 saturated carbocycles. The van der Waals surface area contributed by atoms with E-state index in [9.17, 15) is 24.4 Å². The van der Waals surface area contributed by atoms with Gasteiger partial charge in [-0.1, -0.05) is 6.07 Å². The number of hydrogen-bond donors (Lipinski definition) is 2. The van der Waals surface area contributed by atoms with Gasteiger partial charge in [-0.05, 0) is 29.8 Å². The van der Waals surface area contributed by atoms with Crippen LogP contribution in [0.5, 0.6) is 11.5 Å². The molecule has 0 aliphatic heterocycles. The Morgan fingerprint density at radius 2 is 2.09 bits per heavy atom. The van der Waals surface area contributed by atoms with Gasteiger partial charge in [0, 0.05) is 18.2 Å². The predicted molar refractivity (Wildman–Crippen MR) is 78.9 cm³/mol. The molecular weight excluding hydrogens is 307 g/mol. The molecule has 0 bridgehead atoms. The summed E-state index contributed by atoms with van der Waals surface area (Å²) >= 11 is 0. The number of nitrogens with one attached hydrogen (secondary N) is 1. The Morgan fingerprint density at radius 1 is 1.35 bits per heavy atom. The number of phenols is 1. The molecule has 120 valence electrons. The van der Waals surface area contributed by atoms with Crippen molar-refractivity contribution >= 4 is 11.6 Å². The lowest BCUT2D eigenvalue weighted by Gasteiger charge is -2.07. The second-order valence-corrected chi connectivity index (χ2v) is 4.61. The SMILES string of the molecule is COc1ccc(CNC(=O)c2ccc(O)c([N+](=O)[O-])c2)cc1F. The van der Waals surface area contributed by atoms with Crippen LogP contribution in [-0.4, -0.2) is 23.0 Å². The molecule has 2 rings (SSSR count). The van der Waals surface area contributed by atoms with Gasteiger partial charge in [-0.3, -0.25) is 14.9 Å². The molecule has 2 N–H and O–H groups in total. The number of benzene rings is 2. The maximum Gasteiger partial charge on any atom is 0.311 e. The predicted octanol–water partition coefficient (Wildman–Crippen LogP) is 2.38. The lowest BCUT2D eigenvalue weighted by atomic mass is 10.1. The highest BCUT2D eigenvalue weighted by Crippen LogP contribution is 2.26. The van der Waals surface area contributed by atoms with Gasteiger partial charge in [-0.2, -0.15) is 0 Å². The van der Waals surface area contributed by atoms with Crippen LogP contribution in [0.2, 0.25) is 0 Å². The molecule has 0 spiro atoms. The quantitative estimate of drug-likeness (QED) is 0.650. The summed E-state index contributed by atoms with van der Waals surface area (Å²) in [5, 5.41) is 22.6. The van der Waals surface area contributed by atoms with Crippen molar-refractivity contribution in [2.45, 2.75) is 6.54 Å². The summed E-state index contributed by atoms with van der Waals surface area (Å²) < 4.78 is 18.3. The third-order valence-electron chi connectivity index (χ3n) is 3.10. The zero-order chi connectivity index (χ0) is 17.0. The summed E-state index contributed by atoms with van der Waals surface area (Å²) in [5.74, 6) is -1.57. The average molecular weight is 320 g/mol. The standard InChI is InChI=1S/C15H13FN2O5/c1-23-14-5-2-9(6-11(14)16)8-17-15(20)10-3-4-13(19)12(7-10)18(21)22/h2-7,19H,8H2,1H3,(H,17,20). The zero-order valence-corrected chi connectivity index (χ0v) is 12.1. The summed E-state index contributed by atoms with van der Waals surface area (Å²) in [6.45, 7) is 0.0361. The fourth-order valence-electron chi connectivity index (χ4n) is 1.92. The molecule has 0 aromatic heterocycles. The Labute approximate surface area is 130 Å². The maximum atomic E-state index is 13.5. The lowest BCUT2D eigenvalue weighted by molar-refractivity contribution is -0.385. The Hall–Kier alpha value is -3.16. The minimum atomic E-state index is -0.787. The van der Waals surface area contributed by atoms with E-state index in [0.29, 0.717) is 5.56 Å². The van der Waals surface area contributed by atoms with Crippen LogP contribution in [0.4, 0.5) is 10.1 Å². The van der Waals surface area contributed by atoms with Crippen LogP contribution < -0.4 is 10.1 Å². The number of nitro benzene ring substituents is 1. The molecule has 0 radical (unpaired) electrons. The largest absolute Gasteiger partial charge is 0.502 e. The molecule has 0 heterocycles. The molecule has 0 unspecified atom stereocenters. The Kier molecular flexibility index (Phi) is 4.75. The number of halogens is 1. The van der Waals surface area contributed by atoms with Gasteiger partial charge in [0.05, 0.1) is 12.0 Å². The minimum Gasteiger partial charge on any atom is -0.502 e. The Bertz CT molecular complexity index is 764. The second kappa shape index (κ2) is 6.73. The number of carbonyl (C=O) groups is 1. The highest BCUT2D eigenvalue weighted by Gasteiger charge is 2.17. The van der Waals surface area contributed by atoms with Crippen LogP contribution in [-0.2, 0) is 6.54 Å². The first-order valence-corrected chi connectivity index (χ1v) is 6.50. The zero-order valence-electron chi connectivity index (χ0n) is 12.1. The molecule has 0 aliphatic carbocycles. The van der Waals surface area contributed by atoms with E-state index in [2.05, 4.69) is 5.32 Å². The molecule has 0 aliphatic rings. The molecule has 23 heavy (non-hydrogen) atoms. The minimum absolute atomic E-state index is 0.0171. The van der Waals surface area contributed by atoms with Crippen molar-refractivity contribution in [2.24, 2.45) is 0 Å². The fraction of sp³-hybridized carbons (Fsp3) is 0.133. The van der Waals surface area contributed by atoms with E-state index in [4.69, 9.17) is 4.74 Å². The highest BCUT2D eigenvalue weighted by atomic mass is 19.1. The smallest absolute Gasteiger partial charge is 0.311 e. The van der Waals surface area contributed by atoms with Crippen molar-refractivity contribution in [3.63, 3.8) is 0 Å². The molecule has 2 aromatic rings. The number of methoxy groups -OCH3 is 1. The number of phenolic OH excluding ortho intramolecular Hbond substituents is 1. The van der Waals surface area contributed by atoms with E-state index < -0.39 is 28.1 Å². The summed E-state index contributed by atoms with van der Waals surface area (Å²) in [4.78, 5) is 21.9. The Morgan fingerprint density at radius 3 is 2.70 bits per heavy atom. The number of nitrogens with zero attached hydrogens (tertiary/aromatic N) is 1. The van der Waals surface area contributed by atoms with Crippen molar-refractivity contribution in [1.29, 1.82) is 0 Å². The normalized spacial score (nSPS) is 10.2. The number of carbonyl (C=O) groups excluding carboxylic acids is 1. The molecule has 7 nitrogen and oxygen atoms in total. The van der Waals surface area contributed by atoms with E-state index in [1.807, 2.05) is 0 Å². The van der Waals surface area contributed by atoms with Crippen LogP contribution in [0.3, 0.4) is 0 Å². The van der Waals surface area contributed by atoms with Crippen LogP contribution >= 0.6 is 0 Å². The van der Waals surface area contributed by atoms with Crippen LogP contribution in [0.25, 0.3) is 0 Å². The number of ether oxygens (including phenoxy) is 1. The van der Waals surface area contributed by atoms with E-state index >= 15 is 0 Å². The van der Waals surface area contributed by atoms with E-state index in [1.54, 1.807) is 6.07 Å². The number of amides is 1. The average Bonchev–Trinajstić information content (AvgIpc) is 2.52. The van der Waals surface area contributed by atoms with Gasteiger partial charge in [-0.15, -0.1) is 0 Å². The maximum absolute atomic E-state index is 13.5. The van der Waals surface area contributed by atoms with E-state index in [0.717, 1.165) is 12.1 Å². The first kappa shape index (κ1) is 16.2. The summed E-state index contributed by atoms with van der Waals surface area (Å²) in [6.07, 6.45) is 0. The van der Waals surface area contributed by atoms with Crippen molar-refractivity contribution in [3.05, 3.63) is 63.5 Å². The third kappa shape index (κ3) is 3.73. The van der Waals surface area contributed by atoms with Crippen LogP contribution in [0, 0.1) is 15.9 Å². The van der Waals surface area contributed by atoms with Gasteiger partial charge in [0.1, 0.15) is 0 Å². The first-order chi connectivity index (χ1) is 10.9. The molecular formula is C15H13FN2O5. The lowest BCUT2D eigenvalue weighted by Crippen LogP contribution is -2.22. The van der Waals surface area contributed by atoms with E-state index in [-0.39, 0.29) is 17.9 Å². The van der Waals surface area contributed by atoms with Gasteiger partial charge in [0.2, 0.25) is 0 Å². The molecule has 8 heteroatoms. The van der Waals surface area contributed by atoms with Gasteiger partial charge in [0.25, 0.3) is 5.91 Å². The summed E-state index contributed by atoms with van der Waals surface area (Å²) in [7, 11) is 1.34. The second-order valence-electron chi connectivity index (χ2n) is 4.61. The molecule has 1 amide bonds. The number of nitro groups is 1. The van der Waals surface area contributed by atoms with Gasteiger partial charge < -0.3 is 15.2 Å². The number of hydrogen-bond acceptors (Lipinski definition) is 5. The first-order valence-electron chi connectivity index (χ1n) is 6.50. The molecule has 2 aromatic carbocycles. The molecule has 0 fully saturated rings. The summed E-state index contributed by atoms with van der Waals surface area (Å²) in [5.41, 5.74) is -0.0402. The van der Waals surface area contributed by atoms with Crippen molar-refractivity contribution in [3.8, 4) is 11.5 Å². The van der Waals surface area contributed by atoms with E-state index in [1.165, 1.54) is 25.3 Å². The van der Waals surface area contributed by atoms with Crippen molar-refractivity contribution < 1.29 is 24.0 Å². The number of aromatic hydroxyl groups is 1. The van der Waals surface area contributed by atoms with Crippen molar-refractivity contribution in [1.82, 2.24) is 5.32 Å². The van der Waals surface area contributed by atoms with Crippen molar-refractivity contribution in [2.75, 3.05) is 7.11 Å². The van der Waals surface area contributed by atoms with Gasteiger partial charge in [0.15, 0.2) is 17.3 Å². The van der Waals surface area contributed by atoms with Crippen LogP contribution in [0.15, 0.2) is 36.4 Å². The van der Waals surface area contributed by atoms with Gasteiger partial charge in [-0.25, -0.2) is 4.39 Å². The molecule has 0 atom stereocenters. The Balaban J connectivity index is 2.09. The summed E-state index contributed by atoms with van der Waals surface area (Å²) in [6, 6.07) is 7.54. The number of rotatable bonds is 5. The fourth-order valence-corrected chi connectivity index (χ4v) is 1.92.